The minimum atomic E-state index is -0.941. The fraction of sp³-hybridized carbons (Fsp3) is 0.364. The van der Waals surface area contributed by atoms with Gasteiger partial charge >= 0.3 is 0 Å². The third-order valence-corrected chi connectivity index (χ3v) is 5.06. The summed E-state index contributed by atoms with van der Waals surface area (Å²) in [5, 5.41) is 2.89. The van der Waals surface area contributed by atoms with Crippen molar-refractivity contribution in [3.63, 3.8) is 0 Å². The lowest BCUT2D eigenvalue weighted by Crippen LogP contribution is -2.37. The monoisotopic (exact) mass is 386 g/mol. The summed E-state index contributed by atoms with van der Waals surface area (Å²) in [6, 6.07) is 11.7. The predicted molar refractivity (Wildman–Crippen MR) is 102 cm³/mol. The highest BCUT2D eigenvalue weighted by Crippen LogP contribution is 2.25. The molecule has 1 atom stereocenters. The maximum absolute atomic E-state index is 13.9. The molecule has 0 radical (unpaired) electrons. The first-order valence-electron chi connectivity index (χ1n) is 9.48. The predicted octanol–water partition coefficient (Wildman–Crippen LogP) is 3.51. The van der Waals surface area contributed by atoms with Crippen molar-refractivity contribution in [3.05, 3.63) is 70.8 Å². The van der Waals surface area contributed by atoms with Gasteiger partial charge in [0.1, 0.15) is 0 Å². The van der Waals surface area contributed by atoms with Crippen LogP contribution in [-0.4, -0.2) is 29.3 Å². The molecule has 28 heavy (non-hydrogen) atoms. The molecule has 4 nitrogen and oxygen atoms in total. The van der Waals surface area contributed by atoms with Crippen LogP contribution >= 0.6 is 0 Å². The van der Waals surface area contributed by atoms with Crippen LogP contribution in [0.25, 0.3) is 0 Å². The van der Waals surface area contributed by atoms with Gasteiger partial charge in [0.15, 0.2) is 11.6 Å². The molecule has 148 valence electrons. The van der Waals surface area contributed by atoms with Gasteiger partial charge < -0.3 is 10.2 Å². The molecule has 1 fully saturated rings. The molecule has 2 amide bonds. The molecule has 2 aromatic rings. The van der Waals surface area contributed by atoms with E-state index in [1.54, 1.807) is 0 Å². The van der Waals surface area contributed by atoms with Gasteiger partial charge in [-0.15, -0.1) is 0 Å². The number of halogens is 2. The highest BCUT2D eigenvalue weighted by molar-refractivity contribution is 5.82. The van der Waals surface area contributed by atoms with E-state index >= 15 is 0 Å². The van der Waals surface area contributed by atoms with Crippen LogP contribution in [0.2, 0.25) is 0 Å². The second kappa shape index (κ2) is 8.95. The molecule has 0 bridgehead atoms. The molecular formula is C22H24F2N2O2. The summed E-state index contributed by atoms with van der Waals surface area (Å²) in [6.45, 7) is 2.51. The minimum absolute atomic E-state index is 0.0241. The van der Waals surface area contributed by atoms with Gasteiger partial charge in [-0.2, -0.15) is 0 Å². The summed E-state index contributed by atoms with van der Waals surface area (Å²) in [6.07, 6.45) is 1.75. The fourth-order valence-corrected chi connectivity index (χ4v) is 3.58. The first-order valence-corrected chi connectivity index (χ1v) is 9.48. The van der Waals surface area contributed by atoms with Crippen molar-refractivity contribution < 1.29 is 18.4 Å². The molecule has 0 aliphatic carbocycles. The van der Waals surface area contributed by atoms with Crippen molar-refractivity contribution in [1.29, 1.82) is 0 Å². The summed E-state index contributed by atoms with van der Waals surface area (Å²) in [4.78, 5) is 26.0. The molecule has 1 saturated heterocycles. The zero-order valence-electron chi connectivity index (χ0n) is 15.9. The molecule has 1 heterocycles. The molecule has 0 saturated carbocycles. The number of amides is 2. The summed E-state index contributed by atoms with van der Waals surface area (Å²) >= 11 is 0. The van der Waals surface area contributed by atoms with E-state index in [0.29, 0.717) is 19.4 Å². The third kappa shape index (κ3) is 4.94. The number of hydrogen-bond donors (Lipinski definition) is 1. The molecule has 6 heteroatoms. The number of aryl methyl sites for hydroxylation is 1. The first-order chi connectivity index (χ1) is 13.4. The molecule has 1 N–H and O–H groups in total. The Morgan fingerprint density at radius 1 is 1.21 bits per heavy atom. The minimum Gasteiger partial charge on any atom is -0.356 e. The second-order valence-electron chi connectivity index (χ2n) is 7.22. The van der Waals surface area contributed by atoms with E-state index in [9.17, 15) is 18.4 Å². The standard InChI is InChI=1S/C22H24F2N2O2/c1-15-4-2-5-16(12-15)10-11-25-20(27)13-18-8-9-21(28)26(18)14-17-6-3-7-19(23)22(17)24/h2-7,12,18H,8-11,13-14H2,1H3,(H,25,27). The Labute approximate surface area is 163 Å². The van der Waals surface area contributed by atoms with Crippen molar-refractivity contribution in [2.24, 2.45) is 0 Å². The van der Waals surface area contributed by atoms with E-state index in [-0.39, 0.29) is 36.4 Å². The van der Waals surface area contributed by atoms with Crippen LogP contribution < -0.4 is 5.32 Å². The van der Waals surface area contributed by atoms with Crippen LogP contribution in [0.1, 0.15) is 36.0 Å². The Balaban J connectivity index is 1.54. The molecular weight excluding hydrogens is 362 g/mol. The lowest BCUT2D eigenvalue weighted by Gasteiger charge is -2.25. The molecule has 2 aromatic carbocycles. The third-order valence-electron chi connectivity index (χ3n) is 5.06. The molecule has 1 aliphatic heterocycles. The van der Waals surface area contributed by atoms with Gasteiger partial charge in [-0.25, -0.2) is 8.78 Å². The van der Waals surface area contributed by atoms with Crippen LogP contribution in [0.3, 0.4) is 0 Å². The Hall–Kier alpha value is -2.76. The zero-order chi connectivity index (χ0) is 20.1. The number of rotatable bonds is 7. The number of hydrogen-bond acceptors (Lipinski definition) is 2. The highest BCUT2D eigenvalue weighted by atomic mass is 19.2. The van der Waals surface area contributed by atoms with Crippen molar-refractivity contribution in [3.8, 4) is 0 Å². The largest absolute Gasteiger partial charge is 0.356 e. The number of nitrogens with zero attached hydrogens (tertiary/aromatic N) is 1. The van der Waals surface area contributed by atoms with E-state index in [2.05, 4.69) is 11.4 Å². The first kappa shape index (κ1) is 20.0. The number of carbonyl (C=O) groups is 2. The number of benzene rings is 2. The van der Waals surface area contributed by atoms with Gasteiger partial charge in [0.05, 0.1) is 0 Å². The summed E-state index contributed by atoms with van der Waals surface area (Å²) < 4.78 is 27.4. The summed E-state index contributed by atoms with van der Waals surface area (Å²) in [7, 11) is 0. The van der Waals surface area contributed by atoms with Crippen molar-refractivity contribution >= 4 is 11.8 Å². The van der Waals surface area contributed by atoms with Gasteiger partial charge in [-0.1, -0.05) is 42.0 Å². The Bertz CT molecular complexity index is 869. The van der Waals surface area contributed by atoms with E-state index in [0.717, 1.165) is 18.1 Å². The zero-order valence-corrected chi connectivity index (χ0v) is 15.9. The summed E-state index contributed by atoms with van der Waals surface area (Å²) in [5.74, 6) is -2.16. The topological polar surface area (TPSA) is 49.4 Å². The van der Waals surface area contributed by atoms with Gasteiger partial charge in [-0.05, 0) is 31.4 Å². The molecule has 0 aromatic heterocycles. The van der Waals surface area contributed by atoms with Gasteiger partial charge in [0, 0.05) is 37.5 Å². The van der Waals surface area contributed by atoms with Crippen molar-refractivity contribution in [1.82, 2.24) is 10.2 Å². The highest BCUT2D eigenvalue weighted by Gasteiger charge is 2.33. The normalized spacial score (nSPS) is 16.5. The summed E-state index contributed by atoms with van der Waals surface area (Å²) in [5.41, 5.74) is 2.45. The Morgan fingerprint density at radius 2 is 2.00 bits per heavy atom. The van der Waals surface area contributed by atoms with Crippen LogP contribution in [0.5, 0.6) is 0 Å². The Morgan fingerprint density at radius 3 is 2.79 bits per heavy atom. The molecule has 1 unspecified atom stereocenters. The SMILES string of the molecule is Cc1cccc(CCNC(=O)CC2CCC(=O)N2Cc2cccc(F)c2F)c1. The fourth-order valence-electron chi connectivity index (χ4n) is 3.58. The number of nitrogens with one attached hydrogen (secondary N) is 1. The smallest absolute Gasteiger partial charge is 0.223 e. The average Bonchev–Trinajstić information content (AvgIpc) is 2.99. The van der Waals surface area contributed by atoms with E-state index in [4.69, 9.17) is 0 Å². The van der Waals surface area contributed by atoms with Crippen molar-refractivity contribution in [2.45, 2.75) is 45.2 Å². The number of carbonyl (C=O) groups excluding carboxylic acids is 2. The van der Waals surface area contributed by atoms with Gasteiger partial charge in [0.25, 0.3) is 0 Å². The van der Waals surface area contributed by atoms with E-state index < -0.39 is 11.6 Å². The van der Waals surface area contributed by atoms with Crippen LogP contribution in [-0.2, 0) is 22.6 Å². The van der Waals surface area contributed by atoms with Crippen LogP contribution in [0.4, 0.5) is 8.78 Å². The lowest BCUT2D eigenvalue weighted by atomic mass is 10.1. The average molecular weight is 386 g/mol. The quantitative estimate of drug-likeness (QED) is 0.792. The maximum atomic E-state index is 13.9. The van der Waals surface area contributed by atoms with E-state index in [1.165, 1.54) is 22.6 Å². The Kier molecular flexibility index (Phi) is 6.39. The lowest BCUT2D eigenvalue weighted by molar-refractivity contribution is -0.130. The van der Waals surface area contributed by atoms with Crippen molar-refractivity contribution in [2.75, 3.05) is 6.54 Å². The van der Waals surface area contributed by atoms with Gasteiger partial charge in [-0.3, -0.25) is 9.59 Å². The molecule has 1 aliphatic rings. The van der Waals surface area contributed by atoms with Crippen LogP contribution in [0.15, 0.2) is 42.5 Å². The number of likely N-dealkylation sites (tertiary alicyclic amines) is 1. The molecule has 3 rings (SSSR count). The maximum Gasteiger partial charge on any atom is 0.223 e. The van der Waals surface area contributed by atoms with E-state index in [1.807, 2.05) is 25.1 Å². The second-order valence-corrected chi connectivity index (χ2v) is 7.22. The van der Waals surface area contributed by atoms with Crippen LogP contribution in [0, 0.1) is 18.6 Å². The van der Waals surface area contributed by atoms with Gasteiger partial charge in [0.2, 0.25) is 11.8 Å². The molecule has 0 spiro atoms.